The van der Waals surface area contributed by atoms with Gasteiger partial charge in [-0.15, -0.1) is 0 Å². The second kappa shape index (κ2) is 5.12. The lowest BCUT2D eigenvalue weighted by Crippen LogP contribution is -2.23. The summed E-state index contributed by atoms with van der Waals surface area (Å²) in [5.41, 5.74) is 1.22. The molecule has 1 aliphatic heterocycles. The SMILES string of the molecule is CCn1cc(C2CCCC(CBr)O2)cn1. The molecule has 0 saturated carbocycles. The molecule has 0 N–H and O–H groups in total. The normalized spacial score (nSPS) is 26.8. The molecule has 1 fully saturated rings. The fraction of sp³-hybridized carbons (Fsp3) is 0.727. The van der Waals surface area contributed by atoms with Gasteiger partial charge in [0.1, 0.15) is 0 Å². The summed E-state index contributed by atoms with van der Waals surface area (Å²) in [7, 11) is 0. The zero-order valence-electron chi connectivity index (χ0n) is 9.03. The molecule has 15 heavy (non-hydrogen) atoms. The van der Waals surface area contributed by atoms with Crippen molar-refractivity contribution in [1.29, 1.82) is 0 Å². The van der Waals surface area contributed by atoms with E-state index in [1.54, 1.807) is 0 Å². The van der Waals surface area contributed by atoms with Gasteiger partial charge in [-0.05, 0) is 26.2 Å². The summed E-state index contributed by atoms with van der Waals surface area (Å²) in [6.07, 6.45) is 8.20. The Morgan fingerprint density at radius 2 is 2.47 bits per heavy atom. The van der Waals surface area contributed by atoms with Crippen molar-refractivity contribution in [3.63, 3.8) is 0 Å². The van der Waals surface area contributed by atoms with Crippen molar-refractivity contribution < 1.29 is 4.74 Å². The van der Waals surface area contributed by atoms with Gasteiger partial charge in [-0.25, -0.2) is 0 Å². The number of rotatable bonds is 3. The fourth-order valence-corrected chi connectivity index (χ4v) is 2.45. The first-order valence-electron chi connectivity index (χ1n) is 5.57. The third-order valence-corrected chi connectivity index (χ3v) is 3.59. The number of ether oxygens (including phenoxy) is 1. The van der Waals surface area contributed by atoms with Crippen LogP contribution in [0.25, 0.3) is 0 Å². The number of alkyl halides is 1. The molecule has 2 atom stereocenters. The zero-order valence-corrected chi connectivity index (χ0v) is 10.6. The second-order valence-electron chi connectivity index (χ2n) is 3.96. The molecule has 2 rings (SSSR count). The largest absolute Gasteiger partial charge is 0.369 e. The molecule has 2 heterocycles. The highest BCUT2D eigenvalue weighted by Crippen LogP contribution is 2.31. The molecule has 1 aliphatic rings. The van der Waals surface area contributed by atoms with E-state index in [0.717, 1.165) is 18.3 Å². The van der Waals surface area contributed by atoms with Crippen molar-refractivity contribution in [2.75, 3.05) is 5.33 Å². The van der Waals surface area contributed by atoms with Crippen LogP contribution < -0.4 is 0 Å². The van der Waals surface area contributed by atoms with Crippen molar-refractivity contribution in [3.05, 3.63) is 18.0 Å². The summed E-state index contributed by atoms with van der Waals surface area (Å²) in [5.74, 6) is 0. The van der Waals surface area contributed by atoms with Crippen molar-refractivity contribution in [1.82, 2.24) is 9.78 Å². The standard InChI is InChI=1S/C11H17BrN2O/c1-2-14-8-9(7-13-14)11-5-3-4-10(6-12)15-11/h7-8,10-11H,2-6H2,1H3. The molecular weight excluding hydrogens is 256 g/mol. The minimum Gasteiger partial charge on any atom is -0.369 e. The van der Waals surface area contributed by atoms with Crippen LogP contribution in [0, 0.1) is 0 Å². The molecule has 0 bridgehead atoms. The van der Waals surface area contributed by atoms with E-state index >= 15 is 0 Å². The molecule has 1 aromatic rings. The van der Waals surface area contributed by atoms with Gasteiger partial charge in [-0.3, -0.25) is 4.68 Å². The van der Waals surface area contributed by atoms with Crippen LogP contribution in [-0.2, 0) is 11.3 Å². The van der Waals surface area contributed by atoms with E-state index in [-0.39, 0.29) is 6.10 Å². The van der Waals surface area contributed by atoms with Crippen LogP contribution in [0.4, 0.5) is 0 Å². The highest BCUT2D eigenvalue weighted by atomic mass is 79.9. The van der Waals surface area contributed by atoms with Gasteiger partial charge in [0.2, 0.25) is 0 Å². The minimum absolute atomic E-state index is 0.251. The van der Waals surface area contributed by atoms with Crippen LogP contribution in [0.15, 0.2) is 12.4 Å². The van der Waals surface area contributed by atoms with Crippen molar-refractivity contribution >= 4 is 15.9 Å². The number of hydrogen-bond donors (Lipinski definition) is 0. The third-order valence-electron chi connectivity index (χ3n) is 2.87. The Kier molecular flexibility index (Phi) is 3.81. The van der Waals surface area contributed by atoms with E-state index < -0.39 is 0 Å². The quantitative estimate of drug-likeness (QED) is 0.792. The van der Waals surface area contributed by atoms with E-state index in [1.165, 1.54) is 18.4 Å². The van der Waals surface area contributed by atoms with Crippen LogP contribution >= 0.6 is 15.9 Å². The highest BCUT2D eigenvalue weighted by Gasteiger charge is 2.23. The molecule has 1 aromatic heterocycles. The maximum absolute atomic E-state index is 5.98. The average molecular weight is 273 g/mol. The van der Waals surface area contributed by atoms with Gasteiger partial charge in [0, 0.05) is 23.6 Å². The van der Waals surface area contributed by atoms with Crippen LogP contribution in [0.5, 0.6) is 0 Å². The molecule has 0 spiro atoms. The summed E-state index contributed by atoms with van der Waals surface area (Å²) in [4.78, 5) is 0. The first-order valence-corrected chi connectivity index (χ1v) is 6.69. The van der Waals surface area contributed by atoms with Crippen LogP contribution in [0.3, 0.4) is 0 Å². The Hall–Kier alpha value is -0.350. The number of aromatic nitrogens is 2. The molecule has 0 radical (unpaired) electrons. The van der Waals surface area contributed by atoms with Gasteiger partial charge in [0.05, 0.1) is 18.4 Å². The molecule has 2 unspecified atom stereocenters. The highest BCUT2D eigenvalue weighted by molar-refractivity contribution is 9.09. The van der Waals surface area contributed by atoms with Gasteiger partial charge in [-0.2, -0.15) is 5.10 Å². The monoisotopic (exact) mass is 272 g/mol. The van der Waals surface area contributed by atoms with Crippen molar-refractivity contribution in [2.24, 2.45) is 0 Å². The maximum atomic E-state index is 5.98. The molecule has 1 saturated heterocycles. The molecule has 3 nitrogen and oxygen atoms in total. The summed E-state index contributed by atoms with van der Waals surface area (Å²) in [6.45, 7) is 3.02. The third kappa shape index (κ3) is 2.61. The lowest BCUT2D eigenvalue weighted by atomic mass is 10.0. The maximum Gasteiger partial charge on any atom is 0.0859 e. The van der Waals surface area contributed by atoms with Gasteiger partial charge in [0.15, 0.2) is 0 Å². The van der Waals surface area contributed by atoms with Crippen LogP contribution in [0.1, 0.15) is 37.9 Å². The zero-order chi connectivity index (χ0) is 10.7. The van der Waals surface area contributed by atoms with Crippen LogP contribution in [0.2, 0.25) is 0 Å². The van der Waals surface area contributed by atoms with E-state index in [0.29, 0.717) is 6.10 Å². The van der Waals surface area contributed by atoms with E-state index in [4.69, 9.17) is 4.74 Å². The Labute approximate surface area is 98.9 Å². The van der Waals surface area contributed by atoms with Gasteiger partial charge >= 0.3 is 0 Å². The van der Waals surface area contributed by atoms with Crippen molar-refractivity contribution in [2.45, 2.75) is 44.9 Å². The summed E-state index contributed by atoms with van der Waals surface area (Å²) < 4.78 is 7.93. The Morgan fingerprint density at radius 1 is 1.60 bits per heavy atom. The smallest absolute Gasteiger partial charge is 0.0859 e. The second-order valence-corrected chi connectivity index (χ2v) is 4.61. The lowest BCUT2D eigenvalue weighted by Gasteiger charge is -2.28. The minimum atomic E-state index is 0.251. The molecule has 0 aliphatic carbocycles. The van der Waals surface area contributed by atoms with Gasteiger partial charge in [-0.1, -0.05) is 15.9 Å². The van der Waals surface area contributed by atoms with E-state index in [2.05, 4.69) is 34.1 Å². The molecule has 4 heteroatoms. The van der Waals surface area contributed by atoms with Crippen LogP contribution in [-0.4, -0.2) is 21.2 Å². The predicted molar refractivity (Wildman–Crippen MR) is 63.2 cm³/mol. The molecule has 0 aromatic carbocycles. The fourth-order valence-electron chi connectivity index (χ4n) is 1.98. The van der Waals surface area contributed by atoms with E-state index in [9.17, 15) is 0 Å². The summed E-state index contributed by atoms with van der Waals surface area (Å²) in [6, 6.07) is 0. The topological polar surface area (TPSA) is 27.1 Å². The average Bonchev–Trinajstić information content (AvgIpc) is 2.78. The molecule has 0 amide bonds. The Balaban J connectivity index is 2.03. The Bertz CT molecular complexity index is 313. The number of aryl methyl sites for hydroxylation is 1. The number of halogens is 1. The molecular formula is C11H17BrN2O. The predicted octanol–water partition coefficient (Wildman–Crippen LogP) is 2.91. The Morgan fingerprint density at radius 3 is 3.13 bits per heavy atom. The van der Waals surface area contributed by atoms with Gasteiger partial charge < -0.3 is 4.74 Å². The van der Waals surface area contributed by atoms with E-state index in [1.807, 2.05) is 10.9 Å². The lowest BCUT2D eigenvalue weighted by molar-refractivity contribution is -0.0384. The first kappa shape index (κ1) is 11.1. The number of hydrogen-bond acceptors (Lipinski definition) is 2. The summed E-state index contributed by atoms with van der Waals surface area (Å²) >= 11 is 3.48. The van der Waals surface area contributed by atoms with Gasteiger partial charge in [0.25, 0.3) is 0 Å². The first-order chi connectivity index (χ1) is 7.33. The molecule has 84 valence electrons. The number of nitrogens with zero attached hydrogens (tertiary/aromatic N) is 2. The summed E-state index contributed by atoms with van der Waals surface area (Å²) in [5, 5.41) is 5.22. The van der Waals surface area contributed by atoms with Crippen molar-refractivity contribution in [3.8, 4) is 0 Å².